The molecule has 2 nitrogen and oxygen atoms in total. The van der Waals surface area contributed by atoms with Crippen LogP contribution in [0.25, 0.3) is 0 Å². The summed E-state index contributed by atoms with van der Waals surface area (Å²) in [5.41, 5.74) is 1.81. The zero-order valence-corrected chi connectivity index (χ0v) is 14.5. The third-order valence-corrected chi connectivity index (χ3v) is 4.64. The van der Waals surface area contributed by atoms with Crippen molar-refractivity contribution in [3.63, 3.8) is 0 Å². The van der Waals surface area contributed by atoms with Gasteiger partial charge < -0.3 is 10.2 Å². The number of nitrogens with one attached hydrogen (secondary N) is 1. The summed E-state index contributed by atoms with van der Waals surface area (Å²) in [4.78, 5) is 2.20. The van der Waals surface area contributed by atoms with Gasteiger partial charge in [0.25, 0.3) is 0 Å². The van der Waals surface area contributed by atoms with Gasteiger partial charge >= 0.3 is 0 Å². The molecule has 0 saturated carbocycles. The van der Waals surface area contributed by atoms with E-state index in [1.165, 1.54) is 6.42 Å². The van der Waals surface area contributed by atoms with Crippen molar-refractivity contribution < 1.29 is 4.39 Å². The number of benzene rings is 1. The lowest BCUT2D eigenvalue weighted by Gasteiger charge is -2.33. The minimum Gasteiger partial charge on any atom is -0.369 e. The molecule has 0 aliphatic carbocycles. The van der Waals surface area contributed by atoms with E-state index < -0.39 is 0 Å². The molecule has 1 aromatic carbocycles. The molecule has 1 heterocycles. The van der Waals surface area contributed by atoms with Crippen molar-refractivity contribution in [3.8, 4) is 0 Å². The van der Waals surface area contributed by atoms with Gasteiger partial charge in [0.15, 0.2) is 0 Å². The van der Waals surface area contributed by atoms with E-state index >= 15 is 0 Å². The van der Waals surface area contributed by atoms with Gasteiger partial charge in [0, 0.05) is 19.1 Å². The first-order chi connectivity index (χ1) is 10.5. The molecule has 0 spiro atoms. The van der Waals surface area contributed by atoms with Crippen LogP contribution in [0.1, 0.15) is 58.6 Å². The largest absolute Gasteiger partial charge is 0.369 e. The Morgan fingerprint density at radius 1 is 1.32 bits per heavy atom. The van der Waals surface area contributed by atoms with Crippen molar-refractivity contribution in [2.24, 2.45) is 11.8 Å². The first-order valence-electron chi connectivity index (χ1n) is 8.75. The molecule has 1 aliphatic rings. The van der Waals surface area contributed by atoms with Crippen LogP contribution in [0.5, 0.6) is 0 Å². The number of nitrogens with zero attached hydrogens (tertiary/aromatic N) is 1. The number of piperidine rings is 1. The summed E-state index contributed by atoms with van der Waals surface area (Å²) in [5.74, 6) is 1.27. The standard InChI is InChI=1S/C19H31FN2/c1-14(2)9-10-21-16(4)17-7-8-19(18(20)12-17)22-11-5-6-15(3)13-22/h7-8,12,14-16,21H,5-6,9-11,13H2,1-4H3/t15-,16+/m1/s1. The van der Waals surface area contributed by atoms with Crippen LogP contribution in [-0.4, -0.2) is 19.6 Å². The Morgan fingerprint density at radius 3 is 2.73 bits per heavy atom. The molecule has 124 valence electrons. The fourth-order valence-electron chi connectivity index (χ4n) is 3.16. The Bertz CT molecular complexity index is 473. The number of hydrogen-bond acceptors (Lipinski definition) is 2. The maximum absolute atomic E-state index is 14.5. The van der Waals surface area contributed by atoms with Gasteiger partial charge in [-0.05, 0) is 62.3 Å². The van der Waals surface area contributed by atoms with Crippen LogP contribution in [0.2, 0.25) is 0 Å². The molecular formula is C19H31FN2. The van der Waals surface area contributed by atoms with Crippen molar-refractivity contribution in [2.45, 2.75) is 53.0 Å². The van der Waals surface area contributed by atoms with Gasteiger partial charge in [-0.15, -0.1) is 0 Å². The second-order valence-corrected chi connectivity index (χ2v) is 7.26. The highest BCUT2D eigenvalue weighted by atomic mass is 19.1. The quantitative estimate of drug-likeness (QED) is 0.815. The molecule has 2 rings (SSSR count). The maximum Gasteiger partial charge on any atom is 0.146 e. The Morgan fingerprint density at radius 2 is 2.09 bits per heavy atom. The minimum absolute atomic E-state index is 0.0795. The van der Waals surface area contributed by atoms with Crippen LogP contribution in [0.4, 0.5) is 10.1 Å². The van der Waals surface area contributed by atoms with E-state index in [1.807, 2.05) is 6.07 Å². The highest BCUT2D eigenvalue weighted by Gasteiger charge is 2.19. The molecule has 2 atom stereocenters. The van der Waals surface area contributed by atoms with E-state index in [0.29, 0.717) is 11.8 Å². The monoisotopic (exact) mass is 306 g/mol. The molecule has 0 aromatic heterocycles. The van der Waals surface area contributed by atoms with Gasteiger partial charge in [0.2, 0.25) is 0 Å². The summed E-state index contributed by atoms with van der Waals surface area (Å²) in [6, 6.07) is 5.94. The lowest BCUT2D eigenvalue weighted by molar-refractivity contribution is 0.441. The van der Waals surface area contributed by atoms with Gasteiger partial charge in [-0.25, -0.2) is 4.39 Å². The molecule has 22 heavy (non-hydrogen) atoms. The summed E-state index contributed by atoms with van der Waals surface area (Å²) < 4.78 is 14.5. The van der Waals surface area contributed by atoms with Crippen LogP contribution in [0.15, 0.2) is 18.2 Å². The summed E-state index contributed by atoms with van der Waals surface area (Å²) in [6.45, 7) is 11.7. The first kappa shape index (κ1) is 17.3. The highest BCUT2D eigenvalue weighted by Crippen LogP contribution is 2.27. The first-order valence-corrected chi connectivity index (χ1v) is 8.75. The third kappa shape index (κ3) is 4.70. The van der Waals surface area contributed by atoms with E-state index in [-0.39, 0.29) is 11.9 Å². The SMILES string of the molecule is CC(C)CCN[C@@H](C)c1ccc(N2CCC[C@@H](C)C2)c(F)c1. The topological polar surface area (TPSA) is 15.3 Å². The Kier molecular flexibility index (Phi) is 6.25. The maximum atomic E-state index is 14.5. The Balaban J connectivity index is 1.99. The van der Waals surface area contributed by atoms with Crippen LogP contribution in [0, 0.1) is 17.7 Å². The molecule has 3 heteroatoms. The van der Waals surface area contributed by atoms with Crippen molar-refractivity contribution in [1.29, 1.82) is 0 Å². The Hall–Kier alpha value is -1.09. The molecule has 1 aromatic rings. The summed E-state index contributed by atoms with van der Waals surface area (Å²) in [5, 5.41) is 3.48. The van der Waals surface area contributed by atoms with E-state index in [4.69, 9.17) is 0 Å². The lowest BCUT2D eigenvalue weighted by Crippen LogP contribution is -2.34. The average molecular weight is 306 g/mol. The summed E-state index contributed by atoms with van der Waals surface area (Å²) in [7, 11) is 0. The number of halogens is 1. The van der Waals surface area contributed by atoms with E-state index in [9.17, 15) is 4.39 Å². The van der Waals surface area contributed by atoms with Gasteiger partial charge in [0.05, 0.1) is 5.69 Å². The lowest BCUT2D eigenvalue weighted by atomic mass is 9.99. The zero-order valence-electron chi connectivity index (χ0n) is 14.5. The summed E-state index contributed by atoms with van der Waals surface area (Å²) >= 11 is 0. The fourth-order valence-corrected chi connectivity index (χ4v) is 3.16. The molecule has 1 N–H and O–H groups in total. The molecule has 1 aliphatic heterocycles. The molecule has 0 radical (unpaired) electrons. The number of anilines is 1. The fraction of sp³-hybridized carbons (Fsp3) is 0.684. The van der Waals surface area contributed by atoms with Crippen LogP contribution >= 0.6 is 0 Å². The summed E-state index contributed by atoms with van der Waals surface area (Å²) in [6.07, 6.45) is 3.57. The van der Waals surface area contributed by atoms with E-state index in [2.05, 4.69) is 44.0 Å². The van der Waals surface area contributed by atoms with Crippen molar-refractivity contribution in [1.82, 2.24) is 5.32 Å². The second kappa shape index (κ2) is 7.96. The molecule has 1 saturated heterocycles. The van der Waals surface area contributed by atoms with Crippen LogP contribution in [-0.2, 0) is 0 Å². The third-order valence-electron chi connectivity index (χ3n) is 4.64. The molecule has 0 unspecified atom stereocenters. The number of hydrogen-bond donors (Lipinski definition) is 1. The normalized spacial score (nSPS) is 20.5. The van der Waals surface area contributed by atoms with Crippen molar-refractivity contribution >= 4 is 5.69 Å². The molecule has 1 fully saturated rings. The van der Waals surface area contributed by atoms with Crippen molar-refractivity contribution in [3.05, 3.63) is 29.6 Å². The highest BCUT2D eigenvalue weighted by molar-refractivity contribution is 5.50. The van der Waals surface area contributed by atoms with Gasteiger partial charge in [-0.3, -0.25) is 0 Å². The van der Waals surface area contributed by atoms with Gasteiger partial charge in [0.1, 0.15) is 5.82 Å². The predicted molar refractivity (Wildman–Crippen MR) is 92.9 cm³/mol. The van der Waals surface area contributed by atoms with Crippen LogP contribution in [0.3, 0.4) is 0 Å². The molecular weight excluding hydrogens is 275 g/mol. The minimum atomic E-state index is -0.0795. The smallest absolute Gasteiger partial charge is 0.146 e. The van der Waals surface area contributed by atoms with E-state index in [0.717, 1.165) is 43.7 Å². The predicted octanol–water partition coefficient (Wildman–Crippen LogP) is 4.76. The Labute approximate surface area is 135 Å². The zero-order chi connectivity index (χ0) is 16.1. The molecule has 0 bridgehead atoms. The van der Waals surface area contributed by atoms with Crippen LogP contribution < -0.4 is 10.2 Å². The molecule has 0 amide bonds. The van der Waals surface area contributed by atoms with Crippen molar-refractivity contribution in [2.75, 3.05) is 24.5 Å². The van der Waals surface area contributed by atoms with Gasteiger partial charge in [-0.1, -0.05) is 26.8 Å². The van der Waals surface area contributed by atoms with E-state index in [1.54, 1.807) is 6.07 Å². The number of rotatable bonds is 6. The second-order valence-electron chi connectivity index (χ2n) is 7.26. The van der Waals surface area contributed by atoms with Gasteiger partial charge in [-0.2, -0.15) is 0 Å². The average Bonchev–Trinajstić information content (AvgIpc) is 2.46.